The maximum absolute atomic E-state index is 13.1. The smallest absolute Gasteiger partial charge is 0.384 e. The molecular weight excluding hydrogens is 409 g/mol. The molecule has 0 aromatic carbocycles. The monoisotopic (exact) mass is 433 g/mol. The summed E-state index contributed by atoms with van der Waals surface area (Å²) in [6, 6.07) is 2.30. The number of ketones is 1. The molecule has 1 aliphatic carbocycles. The van der Waals surface area contributed by atoms with Gasteiger partial charge in [-0.1, -0.05) is 0 Å². The summed E-state index contributed by atoms with van der Waals surface area (Å²) in [5, 5.41) is 9.55. The van der Waals surface area contributed by atoms with Crippen LogP contribution < -0.4 is 0 Å². The highest BCUT2D eigenvalue weighted by Gasteiger charge is 2.34. The molecule has 0 saturated heterocycles. The van der Waals surface area contributed by atoms with Crippen LogP contribution in [0.15, 0.2) is 12.1 Å². The van der Waals surface area contributed by atoms with Gasteiger partial charge in [0.15, 0.2) is 5.65 Å². The predicted octanol–water partition coefficient (Wildman–Crippen LogP) is 4.52. The first-order valence-corrected chi connectivity index (χ1v) is 9.98. The molecule has 3 rings (SSSR count). The molecule has 0 aliphatic heterocycles. The first-order chi connectivity index (χ1) is 14.2. The number of fused-ring (bicyclic) bond motifs is 1. The molecule has 5 nitrogen and oxygen atoms in total. The summed E-state index contributed by atoms with van der Waals surface area (Å²) < 4.78 is 66.2. The van der Waals surface area contributed by atoms with E-state index < -0.39 is 43.0 Å². The van der Waals surface area contributed by atoms with Crippen molar-refractivity contribution in [1.29, 1.82) is 0 Å². The number of hydrogen-bond acceptors (Lipinski definition) is 4. The van der Waals surface area contributed by atoms with Gasteiger partial charge in [-0.3, -0.25) is 4.79 Å². The molecule has 2 aromatic rings. The number of carbonyl (C=O) groups is 1. The molecule has 2 aromatic heterocycles. The SMILES string of the molecule is O=C(CCCCc1nc2ccc(C(F)(F)F)nc2n1C1CCC1)CC(O)(CF)CF. The second-order valence-corrected chi connectivity index (χ2v) is 7.93. The van der Waals surface area contributed by atoms with Crippen molar-refractivity contribution in [3.05, 3.63) is 23.7 Å². The number of unbranched alkanes of at least 4 members (excludes halogenated alkanes) is 1. The minimum Gasteiger partial charge on any atom is -0.384 e. The number of imidazole rings is 1. The van der Waals surface area contributed by atoms with Crippen molar-refractivity contribution < 1.29 is 31.9 Å². The number of aliphatic hydroxyl groups is 1. The fraction of sp³-hybridized carbons (Fsp3) is 0.650. The lowest BCUT2D eigenvalue weighted by Crippen LogP contribution is -2.36. The van der Waals surface area contributed by atoms with Crippen molar-refractivity contribution in [2.24, 2.45) is 0 Å². The van der Waals surface area contributed by atoms with Gasteiger partial charge in [-0.05, 0) is 44.2 Å². The van der Waals surface area contributed by atoms with Gasteiger partial charge in [0.2, 0.25) is 0 Å². The second kappa shape index (κ2) is 8.95. The molecule has 1 N–H and O–H groups in total. The summed E-state index contributed by atoms with van der Waals surface area (Å²) in [6.07, 6.45) is -0.987. The number of carbonyl (C=O) groups excluding carboxylic acids is 1. The van der Waals surface area contributed by atoms with Gasteiger partial charge in [0, 0.05) is 25.3 Å². The summed E-state index contributed by atoms with van der Waals surface area (Å²) in [5.41, 5.74) is -2.59. The summed E-state index contributed by atoms with van der Waals surface area (Å²) in [4.78, 5) is 20.1. The molecule has 2 heterocycles. The molecule has 30 heavy (non-hydrogen) atoms. The van der Waals surface area contributed by atoms with Crippen LogP contribution in [0.2, 0.25) is 0 Å². The number of aryl methyl sites for hydroxylation is 1. The van der Waals surface area contributed by atoms with Crippen molar-refractivity contribution in [3.8, 4) is 0 Å². The number of nitrogens with zero attached hydrogens (tertiary/aromatic N) is 3. The molecule has 0 unspecified atom stereocenters. The van der Waals surface area contributed by atoms with Crippen molar-refractivity contribution in [1.82, 2.24) is 14.5 Å². The van der Waals surface area contributed by atoms with Gasteiger partial charge in [0.05, 0.1) is 0 Å². The molecule has 10 heteroatoms. The van der Waals surface area contributed by atoms with Crippen LogP contribution in [-0.2, 0) is 17.4 Å². The lowest BCUT2D eigenvalue weighted by atomic mass is 9.92. The Kier molecular flexibility index (Phi) is 6.74. The number of pyridine rings is 1. The van der Waals surface area contributed by atoms with E-state index in [-0.39, 0.29) is 18.1 Å². The van der Waals surface area contributed by atoms with Crippen LogP contribution in [-0.4, -0.2) is 44.4 Å². The first-order valence-electron chi connectivity index (χ1n) is 9.98. The molecule has 1 aliphatic rings. The van der Waals surface area contributed by atoms with Crippen molar-refractivity contribution in [3.63, 3.8) is 0 Å². The number of halogens is 5. The van der Waals surface area contributed by atoms with Crippen LogP contribution in [0.5, 0.6) is 0 Å². The Hall–Kier alpha value is -2.10. The first kappa shape index (κ1) is 22.6. The molecule has 0 spiro atoms. The Morgan fingerprint density at radius 1 is 1.13 bits per heavy atom. The fourth-order valence-corrected chi connectivity index (χ4v) is 3.57. The Morgan fingerprint density at radius 2 is 1.83 bits per heavy atom. The third-order valence-corrected chi connectivity index (χ3v) is 5.47. The minimum atomic E-state index is -4.54. The van der Waals surface area contributed by atoms with E-state index in [1.807, 2.05) is 0 Å². The van der Waals surface area contributed by atoms with Crippen LogP contribution in [0.1, 0.15) is 62.5 Å². The zero-order chi connectivity index (χ0) is 21.9. The zero-order valence-corrected chi connectivity index (χ0v) is 16.4. The molecule has 1 saturated carbocycles. The normalized spacial score (nSPS) is 15.5. The fourth-order valence-electron chi connectivity index (χ4n) is 3.57. The Morgan fingerprint density at radius 3 is 2.40 bits per heavy atom. The third-order valence-electron chi connectivity index (χ3n) is 5.47. The van der Waals surface area contributed by atoms with Gasteiger partial charge in [0.25, 0.3) is 0 Å². The van der Waals surface area contributed by atoms with Crippen molar-refractivity contribution in [2.45, 2.75) is 69.2 Å². The maximum Gasteiger partial charge on any atom is 0.433 e. The standard InChI is InChI=1S/C20H24F5N3O2/c21-11-19(30,12-22)10-14(29)6-1-2-7-17-26-15-8-9-16(20(23,24)25)27-18(15)28(17)13-4-3-5-13/h8-9,13,30H,1-7,10-12H2. The molecule has 0 atom stereocenters. The minimum absolute atomic E-state index is 0.0580. The van der Waals surface area contributed by atoms with E-state index in [9.17, 15) is 31.9 Å². The zero-order valence-electron chi connectivity index (χ0n) is 16.4. The van der Waals surface area contributed by atoms with Gasteiger partial charge >= 0.3 is 6.18 Å². The molecular formula is C20H24F5N3O2. The number of alkyl halides is 5. The van der Waals surface area contributed by atoms with Crippen LogP contribution in [0.4, 0.5) is 22.0 Å². The van der Waals surface area contributed by atoms with E-state index in [2.05, 4.69) is 9.97 Å². The average molecular weight is 433 g/mol. The van der Waals surface area contributed by atoms with Gasteiger partial charge in [0.1, 0.15) is 41.8 Å². The third kappa shape index (κ3) is 4.96. The van der Waals surface area contributed by atoms with E-state index in [1.54, 1.807) is 4.57 Å². The van der Waals surface area contributed by atoms with Gasteiger partial charge in [-0.25, -0.2) is 18.7 Å². The summed E-state index contributed by atoms with van der Waals surface area (Å²) in [5.74, 6) is 0.190. The lowest BCUT2D eigenvalue weighted by molar-refractivity contribution is -0.141. The van der Waals surface area contributed by atoms with Gasteiger partial charge in [-0.15, -0.1) is 0 Å². The highest BCUT2D eigenvalue weighted by molar-refractivity contribution is 5.79. The molecule has 1 fully saturated rings. The van der Waals surface area contributed by atoms with Crippen molar-refractivity contribution in [2.75, 3.05) is 13.3 Å². The summed E-state index contributed by atoms with van der Waals surface area (Å²) in [6.45, 7) is -2.65. The molecule has 0 radical (unpaired) electrons. The van der Waals surface area contributed by atoms with Crippen LogP contribution in [0.3, 0.4) is 0 Å². The largest absolute Gasteiger partial charge is 0.433 e. The summed E-state index contributed by atoms with van der Waals surface area (Å²) in [7, 11) is 0. The lowest BCUT2D eigenvalue weighted by Gasteiger charge is -2.28. The second-order valence-electron chi connectivity index (χ2n) is 7.93. The maximum atomic E-state index is 13.1. The van der Waals surface area contributed by atoms with E-state index >= 15 is 0 Å². The predicted molar refractivity (Wildman–Crippen MR) is 99.5 cm³/mol. The highest BCUT2D eigenvalue weighted by atomic mass is 19.4. The Bertz CT molecular complexity index is 888. The Labute approximate surface area is 170 Å². The van der Waals surface area contributed by atoms with E-state index in [0.29, 0.717) is 30.6 Å². The number of Topliss-reactive ketones (excluding diaryl/α,β-unsaturated/α-hetero) is 1. The number of hydrogen-bond donors (Lipinski definition) is 1. The number of aromatic nitrogens is 3. The van der Waals surface area contributed by atoms with Crippen LogP contribution in [0, 0.1) is 0 Å². The van der Waals surface area contributed by atoms with Crippen LogP contribution in [0.25, 0.3) is 11.2 Å². The molecule has 0 bridgehead atoms. The van der Waals surface area contributed by atoms with Gasteiger partial charge < -0.3 is 9.67 Å². The quantitative estimate of drug-likeness (QED) is 0.442. The van der Waals surface area contributed by atoms with Gasteiger partial charge in [-0.2, -0.15) is 13.2 Å². The molecule has 166 valence electrons. The van der Waals surface area contributed by atoms with Crippen molar-refractivity contribution >= 4 is 16.9 Å². The molecule has 0 amide bonds. The van der Waals surface area contributed by atoms with Crippen LogP contribution >= 0.6 is 0 Å². The topological polar surface area (TPSA) is 68.0 Å². The Balaban J connectivity index is 1.68. The van der Waals surface area contributed by atoms with E-state index in [4.69, 9.17) is 0 Å². The summed E-state index contributed by atoms with van der Waals surface area (Å²) >= 11 is 0. The number of rotatable bonds is 10. The van der Waals surface area contributed by atoms with E-state index in [1.165, 1.54) is 6.07 Å². The van der Waals surface area contributed by atoms with E-state index in [0.717, 1.165) is 25.3 Å². The average Bonchev–Trinajstić information content (AvgIpc) is 3.00. The highest BCUT2D eigenvalue weighted by Crippen LogP contribution is 2.36.